The number of rotatable bonds is 3. The summed E-state index contributed by atoms with van der Waals surface area (Å²) >= 11 is 6.26. The molecule has 2 aliphatic heterocycles. The van der Waals surface area contributed by atoms with Crippen LogP contribution in [0.1, 0.15) is 22.3 Å². The molecule has 2 aromatic carbocycles. The van der Waals surface area contributed by atoms with Gasteiger partial charge >= 0.3 is 0 Å². The van der Waals surface area contributed by atoms with Crippen molar-refractivity contribution in [3.63, 3.8) is 0 Å². The fourth-order valence-corrected chi connectivity index (χ4v) is 2.94. The van der Waals surface area contributed by atoms with Gasteiger partial charge in [0.05, 0.1) is 18.2 Å². The topological polar surface area (TPSA) is 54.0 Å². The number of allylic oxidation sites excluding steroid dienone is 1. The second-order valence-corrected chi connectivity index (χ2v) is 6.05. The van der Waals surface area contributed by atoms with Crippen molar-refractivity contribution >= 4 is 23.5 Å². The Morgan fingerprint density at radius 2 is 1.80 bits per heavy atom. The van der Waals surface area contributed by atoms with Crippen LogP contribution < -0.4 is 18.9 Å². The summed E-state index contributed by atoms with van der Waals surface area (Å²) in [4.78, 5) is 12.4. The predicted octanol–water partition coefficient (Wildman–Crippen LogP) is 4.13. The van der Waals surface area contributed by atoms with Gasteiger partial charge in [0.1, 0.15) is 0 Å². The Labute approximate surface area is 149 Å². The molecule has 0 unspecified atom stereocenters. The molecule has 25 heavy (non-hydrogen) atoms. The average molecular weight is 359 g/mol. The van der Waals surface area contributed by atoms with Gasteiger partial charge < -0.3 is 18.9 Å². The van der Waals surface area contributed by atoms with Crippen LogP contribution in [0.15, 0.2) is 36.4 Å². The lowest BCUT2D eigenvalue weighted by molar-refractivity contribution is 0.104. The van der Waals surface area contributed by atoms with Crippen molar-refractivity contribution in [2.24, 2.45) is 0 Å². The normalized spacial score (nSPS) is 15.2. The maximum Gasteiger partial charge on any atom is 0.231 e. The Kier molecular flexibility index (Phi) is 4.24. The minimum absolute atomic E-state index is 0.137. The Morgan fingerprint density at radius 3 is 2.72 bits per heavy atom. The van der Waals surface area contributed by atoms with Crippen LogP contribution in [0.3, 0.4) is 0 Å². The van der Waals surface area contributed by atoms with Crippen LogP contribution in [0.5, 0.6) is 23.0 Å². The monoisotopic (exact) mass is 358 g/mol. The Hall–Kier alpha value is -2.66. The van der Waals surface area contributed by atoms with E-state index in [0.29, 0.717) is 46.8 Å². The fourth-order valence-electron chi connectivity index (χ4n) is 2.66. The van der Waals surface area contributed by atoms with Crippen molar-refractivity contribution < 1.29 is 23.7 Å². The number of fused-ring (bicyclic) bond motifs is 2. The van der Waals surface area contributed by atoms with E-state index in [1.807, 2.05) is 6.07 Å². The minimum atomic E-state index is -0.137. The summed E-state index contributed by atoms with van der Waals surface area (Å²) in [6, 6.07) is 8.68. The lowest BCUT2D eigenvalue weighted by Gasteiger charge is -2.09. The Balaban J connectivity index is 1.56. The van der Waals surface area contributed by atoms with Crippen LogP contribution >= 0.6 is 11.6 Å². The molecule has 2 heterocycles. The SMILES string of the molecule is O=C(/C=C/c1cc(Cl)c2c(c1)OCCCO2)c1ccc2c(c1)OCO2. The highest BCUT2D eigenvalue weighted by Crippen LogP contribution is 2.38. The van der Waals surface area contributed by atoms with Crippen molar-refractivity contribution in [3.05, 3.63) is 52.6 Å². The summed E-state index contributed by atoms with van der Waals surface area (Å²) in [5, 5.41) is 0.467. The summed E-state index contributed by atoms with van der Waals surface area (Å²) in [7, 11) is 0. The highest BCUT2D eigenvalue weighted by atomic mass is 35.5. The molecule has 128 valence electrons. The van der Waals surface area contributed by atoms with E-state index in [4.69, 9.17) is 30.5 Å². The third-order valence-electron chi connectivity index (χ3n) is 3.91. The van der Waals surface area contributed by atoms with Crippen molar-refractivity contribution in [1.29, 1.82) is 0 Å². The molecule has 0 spiro atoms. The molecule has 0 bridgehead atoms. The van der Waals surface area contributed by atoms with Gasteiger partial charge in [-0.1, -0.05) is 17.7 Å². The van der Waals surface area contributed by atoms with Gasteiger partial charge in [-0.3, -0.25) is 4.79 Å². The van der Waals surface area contributed by atoms with Crippen LogP contribution in [0.25, 0.3) is 6.08 Å². The number of benzene rings is 2. The number of hydrogen-bond acceptors (Lipinski definition) is 5. The van der Waals surface area contributed by atoms with Gasteiger partial charge in [-0.05, 0) is 42.0 Å². The highest BCUT2D eigenvalue weighted by Gasteiger charge is 2.16. The van der Waals surface area contributed by atoms with Gasteiger partial charge in [-0.15, -0.1) is 0 Å². The number of carbonyl (C=O) groups excluding carboxylic acids is 1. The lowest BCUT2D eigenvalue weighted by atomic mass is 10.1. The number of carbonyl (C=O) groups is 1. The third-order valence-corrected chi connectivity index (χ3v) is 4.19. The van der Waals surface area contributed by atoms with E-state index < -0.39 is 0 Å². The van der Waals surface area contributed by atoms with Crippen molar-refractivity contribution in [3.8, 4) is 23.0 Å². The molecule has 0 aliphatic carbocycles. The summed E-state index contributed by atoms with van der Waals surface area (Å²) in [5.74, 6) is 2.24. The van der Waals surface area contributed by atoms with Crippen molar-refractivity contribution in [2.45, 2.75) is 6.42 Å². The first-order chi connectivity index (χ1) is 12.2. The summed E-state index contributed by atoms with van der Waals surface area (Å²) < 4.78 is 21.8. The molecule has 4 rings (SSSR count). The lowest BCUT2D eigenvalue weighted by Crippen LogP contribution is -1.97. The zero-order chi connectivity index (χ0) is 17.2. The maximum atomic E-state index is 12.4. The molecule has 0 fully saturated rings. The van der Waals surface area contributed by atoms with Gasteiger partial charge in [0.15, 0.2) is 28.8 Å². The molecule has 0 amide bonds. The zero-order valence-corrected chi connectivity index (χ0v) is 14.0. The number of ether oxygens (including phenoxy) is 4. The Morgan fingerprint density at radius 1 is 0.960 bits per heavy atom. The second kappa shape index (κ2) is 6.69. The predicted molar refractivity (Wildman–Crippen MR) is 93.0 cm³/mol. The van der Waals surface area contributed by atoms with Crippen LogP contribution in [-0.4, -0.2) is 25.8 Å². The quantitative estimate of drug-likeness (QED) is 0.610. The largest absolute Gasteiger partial charge is 0.489 e. The third kappa shape index (κ3) is 3.28. The molecular formula is C19H15ClO5. The molecule has 0 radical (unpaired) electrons. The van der Waals surface area contributed by atoms with Crippen LogP contribution in [0.2, 0.25) is 5.02 Å². The molecule has 0 atom stereocenters. The highest BCUT2D eigenvalue weighted by molar-refractivity contribution is 6.32. The molecule has 6 heteroatoms. The van der Waals surface area contributed by atoms with Crippen LogP contribution in [-0.2, 0) is 0 Å². The van der Waals surface area contributed by atoms with E-state index in [1.54, 1.807) is 30.3 Å². The molecule has 5 nitrogen and oxygen atoms in total. The molecule has 2 aliphatic rings. The summed E-state index contributed by atoms with van der Waals surface area (Å²) in [6.45, 7) is 1.33. The van der Waals surface area contributed by atoms with E-state index >= 15 is 0 Å². The van der Waals surface area contributed by atoms with Crippen molar-refractivity contribution in [2.75, 3.05) is 20.0 Å². The van der Waals surface area contributed by atoms with Gasteiger partial charge in [-0.2, -0.15) is 0 Å². The molecule has 0 aromatic heterocycles. The van der Waals surface area contributed by atoms with Crippen molar-refractivity contribution in [1.82, 2.24) is 0 Å². The summed E-state index contributed by atoms with van der Waals surface area (Å²) in [5.41, 5.74) is 1.30. The van der Waals surface area contributed by atoms with Crippen LogP contribution in [0, 0.1) is 0 Å². The standard InChI is InChI=1S/C19H15ClO5/c20-14-8-12(9-18-19(14)23-7-1-6-22-18)2-4-15(21)13-3-5-16-17(10-13)25-11-24-16/h2-5,8-10H,1,6-7,11H2/b4-2+. The first-order valence-corrected chi connectivity index (χ1v) is 8.30. The smallest absolute Gasteiger partial charge is 0.231 e. The Bertz CT molecular complexity index is 859. The summed E-state index contributed by atoms with van der Waals surface area (Å²) in [6.07, 6.45) is 4.00. The molecule has 0 saturated carbocycles. The zero-order valence-electron chi connectivity index (χ0n) is 13.3. The van der Waals surface area contributed by atoms with E-state index in [9.17, 15) is 4.79 Å². The van der Waals surface area contributed by atoms with E-state index in [1.165, 1.54) is 6.08 Å². The van der Waals surface area contributed by atoms with E-state index in [2.05, 4.69) is 0 Å². The molecular weight excluding hydrogens is 344 g/mol. The van der Waals surface area contributed by atoms with E-state index in [0.717, 1.165) is 12.0 Å². The average Bonchev–Trinajstić information content (AvgIpc) is 2.95. The second-order valence-electron chi connectivity index (χ2n) is 5.65. The first-order valence-electron chi connectivity index (χ1n) is 7.92. The van der Waals surface area contributed by atoms with E-state index in [-0.39, 0.29) is 12.6 Å². The maximum absolute atomic E-state index is 12.4. The number of halogens is 1. The van der Waals surface area contributed by atoms with Gasteiger partial charge in [0, 0.05) is 12.0 Å². The van der Waals surface area contributed by atoms with Gasteiger partial charge in [0.25, 0.3) is 0 Å². The molecule has 0 N–H and O–H groups in total. The molecule has 0 saturated heterocycles. The first kappa shape index (κ1) is 15.8. The number of hydrogen-bond donors (Lipinski definition) is 0. The minimum Gasteiger partial charge on any atom is -0.489 e. The van der Waals surface area contributed by atoms with Gasteiger partial charge in [-0.25, -0.2) is 0 Å². The van der Waals surface area contributed by atoms with Gasteiger partial charge in [0.2, 0.25) is 6.79 Å². The molecule has 2 aromatic rings. The number of ketones is 1. The van der Waals surface area contributed by atoms with Crippen LogP contribution in [0.4, 0.5) is 0 Å². The fraction of sp³-hybridized carbons (Fsp3) is 0.211.